The van der Waals surface area contributed by atoms with Gasteiger partial charge in [-0.1, -0.05) is 0 Å². The molecule has 1 aliphatic heterocycles. The van der Waals surface area contributed by atoms with E-state index in [1.165, 1.54) is 24.3 Å². The molecule has 1 N–H and O–H groups in total. The third-order valence-corrected chi connectivity index (χ3v) is 8.58. The Morgan fingerprint density at radius 1 is 1.28 bits per heavy atom. The van der Waals surface area contributed by atoms with Crippen LogP contribution < -0.4 is 5.48 Å². The Kier molecular flexibility index (Phi) is 3.83. The monoisotopic (exact) mass is 287 g/mol. The second-order valence-electron chi connectivity index (χ2n) is 5.46. The third-order valence-electron chi connectivity index (χ3n) is 4.57. The molecule has 102 valence electrons. The van der Waals surface area contributed by atoms with Crippen molar-refractivity contribution in [2.24, 2.45) is 17.8 Å². The molecule has 2 aliphatic carbocycles. The molecule has 2 saturated carbocycles. The summed E-state index contributed by atoms with van der Waals surface area (Å²) in [5.74, 6) is 4.37. The zero-order valence-electron chi connectivity index (χ0n) is 10.8. The summed E-state index contributed by atoms with van der Waals surface area (Å²) in [4.78, 5) is 17.1. The number of hydroxylamine groups is 1. The predicted octanol–water partition coefficient (Wildman–Crippen LogP) is 2.67. The van der Waals surface area contributed by atoms with E-state index in [9.17, 15) is 4.79 Å². The Morgan fingerprint density at radius 3 is 2.44 bits per heavy atom. The largest absolute Gasteiger partial charge is 0.274 e. The highest BCUT2D eigenvalue weighted by atomic mass is 32.2. The van der Waals surface area contributed by atoms with Crippen molar-refractivity contribution in [2.45, 2.75) is 36.7 Å². The molecule has 0 aromatic heterocycles. The van der Waals surface area contributed by atoms with Crippen LogP contribution in [-0.2, 0) is 9.63 Å². The van der Waals surface area contributed by atoms with Gasteiger partial charge in [0.2, 0.25) is 5.91 Å². The molecule has 1 spiro atoms. The number of thioether (sulfide) groups is 2. The summed E-state index contributed by atoms with van der Waals surface area (Å²) in [7, 11) is 0. The molecule has 3 rings (SSSR count). The average molecular weight is 287 g/mol. The maximum atomic E-state index is 12.0. The summed E-state index contributed by atoms with van der Waals surface area (Å²) in [6.45, 7) is 2.44. The Balaban J connectivity index is 1.66. The van der Waals surface area contributed by atoms with Gasteiger partial charge in [0.25, 0.3) is 0 Å². The Morgan fingerprint density at radius 2 is 1.89 bits per heavy atom. The lowest BCUT2D eigenvalue weighted by atomic mass is 9.79. The van der Waals surface area contributed by atoms with Gasteiger partial charge in [-0.3, -0.25) is 9.63 Å². The number of hydrogen-bond acceptors (Lipinski definition) is 4. The minimum absolute atomic E-state index is 0.108. The predicted molar refractivity (Wildman–Crippen MR) is 76.4 cm³/mol. The fourth-order valence-corrected chi connectivity index (χ4v) is 7.78. The highest BCUT2D eigenvalue weighted by molar-refractivity contribution is 8.21. The van der Waals surface area contributed by atoms with E-state index in [4.69, 9.17) is 4.84 Å². The van der Waals surface area contributed by atoms with Crippen LogP contribution in [0.4, 0.5) is 0 Å². The van der Waals surface area contributed by atoms with Crippen molar-refractivity contribution < 1.29 is 9.63 Å². The molecule has 3 fully saturated rings. The molecule has 1 saturated heterocycles. The Hall–Kier alpha value is 0.130. The van der Waals surface area contributed by atoms with Crippen LogP contribution in [0.2, 0.25) is 0 Å². The number of hydrogen-bond donors (Lipinski definition) is 1. The minimum Gasteiger partial charge on any atom is -0.274 e. The maximum Gasteiger partial charge on any atom is 0.246 e. The lowest BCUT2D eigenvalue weighted by Crippen LogP contribution is -2.43. The van der Waals surface area contributed by atoms with Crippen LogP contribution in [0.5, 0.6) is 0 Å². The van der Waals surface area contributed by atoms with Crippen LogP contribution in [0.3, 0.4) is 0 Å². The molecule has 2 atom stereocenters. The van der Waals surface area contributed by atoms with Crippen LogP contribution in [0.15, 0.2) is 0 Å². The van der Waals surface area contributed by atoms with Crippen LogP contribution in [-0.4, -0.2) is 28.1 Å². The summed E-state index contributed by atoms with van der Waals surface area (Å²) in [6.07, 6.45) is 4.77. The van der Waals surface area contributed by atoms with E-state index in [2.05, 4.69) is 29.0 Å². The van der Waals surface area contributed by atoms with Crippen molar-refractivity contribution >= 4 is 29.4 Å². The molecule has 5 heteroatoms. The first-order valence-corrected chi connectivity index (χ1v) is 8.93. The van der Waals surface area contributed by atoms with Gasteiger partial charge in [0.15, 0.2) is 0 Å². The number of rotatable bonds is 3. The van der Waals surface area contributed by atoms with Gasteiger partial charge < -0.3 is 0 Å². The van der Waals surface area contributed by atoms with Crippen molar-refractivity contribution in [1.29, 1.82) is 0 Å². The first kappa shape index (κ1) is 13.1. The highest BCUT2D eigenvalue weighted by Gasteiger charge is 2.57. The van der Waals surface area contributed by atoms with Crippen molar-refractivity contribution in [3.8, 4) is 0 Å². The summed E-state index contributed by atoms with van der Waals surface area (Å²) in [5.41, 5.74) is 2.60. The van der Waals surface area contributed by atoms with Crippen LogP contribution in [0.25, 0.3) is 0 Å². The molecule has 1 amide bonds. The number of amides is 1. The van der Waals surface area contributed by atoms with E-state index in [0.29, 0.717) is 10.7 Å². The van der Waals surface area contributed by atoms with Gasteiger partial charge in [-0.2, -0.15) is 0 Å². The third kappa shape index (κ3) is 2.08. The second-order valence-corrected chi connectivity index (χ2v) is 8.46. The number of nitrogens with one attached hydrogen (secondary N) is 1. The van der Waals surface area contributed by atoms with E-state index in [1.807, 2.05) is 6.92 Å². The van der Waals surface area contributed by atoms with E-state index < -0.39 is 0 Å². The first-order chi connectivity index (χ1) is 8.76. The number of carbonyl (C=O) groups is 1. The fraction of sp³-hybridized carbons (Fsp3) is 0.923. The van der Waals surface area contributed by atoms with Gasteiger partial charge in [-0.25, -0.2) is 5.48 Å². The topological polar surface area (TPSA) is 38.3 Å². The SMILES string of the molecule is CCONC(=O)C1CC2CCC(C1)C21SCCS1. The molecule has 0 radical (unpaired) electrons. The lowest BCUT2D eigenvalue weighted by molar-refractivity contribution is -0.139. The number of carbonyl (C=O) groups excluding carboxylic acids is 1. The molecule has 2 bridgehead atoms. The van der Waals surface area contributed by atoms with Crippen molar-refractivity contribution in [3.05, 3.63) is 0 Å². The van der Waals surface area contributed by atoms with Crippen LogP contribution in [0, 0.1) is 17.8 Å². The molecular formula is C13H21NO2S2. The summed E-state index contributed by atoms with van der Waals surface area (Å²) >= 11 is 4.35. The van der Waals surface area contributed by atoms with Gasteiger partial charge in [0.1, 0.15) is 0 Å². The lowest BCUT2D eigenvalue weighted by Gasteiger charge is -2.42. The molecule has 2 unspecified atom stereocenters. The summed E-state index contributed by atoms with van der Waals surface area (Å²) < 4.78 is 0.475. The fourth-order valence-electron chi connectivity index (χ4n) is 3.84. The molecule has 18 heavy (non-hydrogen) atoms. The minimum atomic E-state index is 0.108. The average Bonchev–Trinajstić information content (AvgIpc) is 2.91. The normalized spacial score (nSPS) is 37.1. The quantitative estimate of drug-likeness (QED) is 0.810. The molecule has 0 aromatic carbocycles. The molecular weight excluding hydrogens is 266 g/mol. The van der Waals surface area contributed by atoms with Gasteiger partial charge in [0, 0.05) is 17.4 Å². The van der Waals surface area contributed by atoms with Gasteiger partial charge in [-0.15, -0.1) is 23.5 Å². The molecule has 3 aliphatic rings. The van der Waals surface area contributed by atoms with E-state index >= 15 is 0 Å². The van der Waals surface area contributed by atoms with E-state index in [-0.39, 0.29) is 11.8 Å². The standard InChI is InChI=1S/C13H21NO2S2/c1-2-16-14-12(15)9-7-10-3-4-11(8-9)13(10)17-5-6-18-13/h9-11H,2-8H2,1H3,(H,14,15). The smallest absolute Gasteiger partial charge is 0.246 e. The van der Waals surface area contributed by atoms with Gasteiger partial charge >= 0.3 is 0 Å². The van der Waals surface area contributed by atoms with Crippen molar-refractivity contribution in [1.82, 2.24) is 5.48 Å². The molecule has 3 nitrogen and oxygen atoms in total. The van der Waals surface area contributed by atoms with Crippen LogP contribution >= 0.6 is 23.5 Å². The molecule has 0 aromatic rings. The van der Waals surface area contributed by atoms with Crippen molar-refractivity contribution in [3.63, 3.8) is 0 Å². The summed E-state index contributed by atoms with van der Waals surface area (Å²) in [6, 6.07) is 0. The Labute approximate surface area is 117 Å². The van der Waals surface area contributed by atoms with Gasteiger partial charge in [0.05, 0.1) is 10.7 Å². The first-order valence-electron chi connectivity index (χ1n) is 6.96. The Bertz CT molecular complexity index is 315. The van der Waals surface area contributed by atoms with E-state index in [1.54, 1.807) is 0 Å². The second kappa shape index (κ2) is 5.25. The maximum absolute atomic E-state index is 12.0. The zero-order chi connectivity index (χ0) is 12.6. The molecule has 1 heterocycles. The van der Waals surface area contributed by atoms with Crippen LogP contribution in [0.1, 0.15) is 32.6 Å². The summed E-state index contributed by atoms with van der Waals surface area (Å²) in [5, 5.41) is 0. The zero-order valence-corrected chi connectivity index (χ0v) is 12.4. The van der Waals surface area contributed by atoms with Gasteiger partial charge in [-0.05, 0) is 44.4 Å². The van der Waals surface area contributed by atoms with Crippen molar-refractivity contribution in [2.75, 3.05) is 18.1 Å². The van der Waals surface area contributed by atoms with E-state index in [0.717, 1.165) is 24.7 Å². The highest BCUT2D eigenvalue weighted by Crippen LogP contribution is 2.65.